The van der Waals surface area contributed by atoms with E-state index in [1.54, 1.807) is 6.08 Å². The Morgan fingerprint density at radius 2 is 1.64 bits per heavy atom. The van der Waals surface area contributed by atoms with Crippen LogP contribution < -0.4 is 0 Å². The topological polar surface area (TPSA) is 98.2 Å². The monoisotopic (exact) mass is 639 g/mol. The normalized spacial score (nSPS) is 34.2. The number of imide groups is 2. The summed E-state index contributed by atoms with van der Waals surface area (Å²) in [5.74, 6) is -7.01. The van der Waals surface area contributed by atoms with Gasteiger partial charge in [-0.25, -0.2) is 4.39 Å². The van der Waals surface area contributed by atoms with Gasteiger partial charge in [-0.3, -0.25) is 33.9 Å². The number of nitrogens with zero attached hydrogens (tertiary/aromatic N) is 3. The lowest BCUT2D eigenvalue weighted by Crippen LogP contribution is -2.60. The number of likely N-dealkylation sites (tertiary alicyclic amines) is 3. The molecule has 6 atom stereocenters. The van der Waals surface area contributed by atoms with Crippen LogP contribution in [0.3, 0.4) is 0 Å². The minimum Gasteiger partial charge on any atom is -0.505 e. The van der Waals surface area contributed by atoms with E-state index in [4.69, 9.17) is 23.2 Å². The number of piperidine rings is 1. The average molecular weight is 641 g/mol. The van der Waals surface area contributed by atoms with Crippen molar-refractivity contribution in [2.75, 3.05) is 20.1 Å². The van der Waals surface area contributed by atoms with Crippen LogP contribution in [0.5, 0.6) is 5.75 Å². The van der Waals surface area contributed by atoms with Gasteiger partial charge in [0, 0.05) is 44.2 Å². The van der Waals surface area contributed by atoms with Gasteiger partial charge in [0.25, 0.3) is 11.8 Å². The van der Waals surface area contributed by atoms with Crippen molar-refractivity contribution in [3.63, 3.8) is 0 Å². The smallest absolute Gasteiger partial charge is 0.253 e. The first-order chi connectivity index (χ1) is 21.0. The molecule has 7 rings (SSSR count). The number of carbonyl (C=O) groups is 4. The molecule has 44 heavy (non-hydrogen) atoms. The van der Waals surface area contributed by atoms with Gasteiger partial charge in [-0.2, -0.15) is 0 Å². The zero-order chi connectivity index (χ0) is 31.1. The molecule has 3 saturated heterocycles. The van der Waals surface area contributed by atoms with Gasteiger partial charge in [0.05, 0.1) is 11.8 Å². The average Bonchev–Trinajstić information content (AvgIpc) is 3.34. The first-order valence-electron chi connectivity index (χ1n) is 15.0. The number of aromatic hydroxyl groups is 1. The fourth-order valence-electron chi connectivity index (χ4n) is 8.42. The second-order valence-electron chi connectivity index (χ2n) is 12.7. The zero-order valence-corrected chi connectivity index (χ0v) is 25.6. The SMILES string of the molecule is CN1C(=O)[C@]2(Cl)C[C@@H]3C(=CC[C@@H]4C(=O)N(C5CCN(Cc6ccccc6)CC5)C(=O)[C@@H]43)[C@H](c3cccc(F)c3O)[C@]2(Cl)C1=O. The zero-order valence-electron chi connectivity index (χ0n) is 24.1. The van der Waals surface area contributed by atoms with E-state index in [2.05, 4.69) is 17.0 Å². The van der Waals surface area contributed by atoms with Crippen LogP contribution in [0.4, 0.5) is 4.39 Å². The Balaban J connectivity index is 1.22. The molecule has 0 aromatic heterocycles. The summed E-state index contributed by atoms with van der Waals surface area (Å²) in [5.41, 5.74) is 1.74. The van der Waals surface area contributed by atoms with Crippen molar-refractivity contribution in [1.82, 2.24) is 14.7 Å². The van der Waals surface area contributed by atoms with Crippen molar-refractivity contribution in [3.05, 3.63) is 77.1 Å². The minimum absolute atomic E-state index is 0.00953. The molecule has 2 aromatic carbocycles. The van der Waals surface area contributed by atoms with E-state index in [0.717, 1.165) is 30.6 Å². The highest BCUT2D eigenvalue weighted by atomic mass is 35.5. The van der Waals surface area contributed by atoms with Gasteiger partial charge in [0.2, 0.25) is 11.8 Å². The van der Waals surface area contributed by atoms with Crippen molar-refractivity contribution < 1.29 is 28.7 Å². The highest BCUT2D eigenvalue weighted by molar-refractivity contribution is 6.53. The summed E-state index contributed by atoms with van der Waals surface area (Å²) in [5, 5.41) is 10.8. The molecule has 5 aliphatic rings. The molecule has 2 aromatic rings. The van der Waals surface area contributed by atoms with E-state index in [1.807, 2.05) is 18.2 Å². The first-order valence-corrected chi connectivity index (χ1v) is 15.8. The predicted molar refractivity (Wildman–Crippen MR) is 160 cm³/mol. The van der Waals surface area contributed by atoms with Crippen molar-refractivity contribution >= 4 is 46.8 Å². The summed E-state index contributed by atoms with van der Waals surface area (Å²) in [6.07, 6.45) is 3.16. The van der Waals surface area contributed by atoms with Crippen LogP contribution in [0.1, 0.15) is 42.7 Å². The molecule has 0 bridgehead atoms. The van der Waals surface area contributed by atoms with E-state index in [-0.39, 0.29) is 36.3 Å². The van der Waals surface area contributed by atoms with Crippen LogP contribution in [0.25, 0.3) is 0 Å². The van der Waals surface area contributed by atoms with Crippen LogP contribution in [0, 0.1) is 23.6 Å². The lowest BCUT2D eigenvalue weighted by Gasteiger charge is -2.50. The molecular formula is C33H32Cl2FN3O5. The molecule has 8 nitrogen and oxygen atoms in total. The molecule has 4 fully saturated rings. The largest absolute Gasteiger partial charge is 0.505 e. The maximum atomic E-state index is 14.7. The number of fused-ring (bicyclic) bond motifs is 4. The maximum absolute atomic E-state index is 14.7. The fraction of sp³-hybridized carbons (Fsp3) is 0.455. The van der Waals surface area contributed by atoms with E-state index >= 15 is 0 Å². The summed E-state index contributed by atoms with van der Waals surface area (Å²) in [6.45, 7) is 2.27. The second-order valence-corrected chi connectivity index (χ2v) is 14.0. The summed E-state index contributed by atoms with van der Waals surface area (Å²) < 4.78 is 14.7. The molecule has 0 unspecified atom stereocenters. The molecule has 1 saturated carbocycles. The number of hydrogen-bond acceptors (Lipinski definition) is 6. The van der Waals surface area contributed by atoms with E-state index < -0.39 is 56.8 Å². The first kappa shape index (κ1) is 29.4. The third-order valence-electron chi connectivity index (χ3n) is 10.5. The van der Waals surface area contributed by atoms with Gasteiger partial charge >= 0.3 is 0 Å². The number of rotatable bonds is 4. The third-order valence-corrected chi connectivity index (χ3v) is 12.0. The molecule has 0 radical (unpaired) electrons. The highest BCUT2D eigenvalue weighted by Crippen LogP contribution is 2.66. The number of carbonyl (C=O) groups excluding carboxylic acids is 4. The molecule has 3 heterocycles. The van der Waals surface area contributed by atoms with Gasteiger partial charge in [-0.15, -0.1) is 23.2 Å². The number of para-hydroxylation sites is 1. The number of allylic oxidation sites excluding steroid dienone is 2. The van der Waals surface area contributed by atoms with E-state index in [0.29, 0.717) is 18.4 Å². The van der Waals surface area contributed by atoms with Crippen LogP contribution in [-0.2, 0) is 25.7 Å². The van der Waals surface area contributed by atoms with Crippen molar-refractivity contribution in [3.8, 4) is 5.75 Å². The Morgan fingerprint density at radius 3 is 2.34 bits per heavy atom. The lowest BCUT2D eigenvalue weighted by molar-refractivity contribution is -0.144. The Labute approximate surface area is 264 Å². The molecule has 2 aliphatic carbocycles. The Morgan fingerprint density at radius 1 is 0.932 bits per heavy atom. The van der Waals surface area contributed by atoms with Crippen LogP contribution in [0.2, 0.25) is 0 Å². The third kappa shape index (κ3) is 3.98. The number of hydrogen-bond donors (Lipinski definition) is 1. The summed E-state index contributed by atoms with van der Waals surface area (Å²) >= 11 is 14.2. The molecule has 11 heteroatoms. The lowest BCUT2D eigenvalue weighted by atomic mass is 9.56. The quantitative estimate of drug-likeness (QED) is 0.306. The van der Waals surface area contributed by atoms with Crippen molar-refractivity contribution in [1.29, 1.82) is 0 Å². The van der Waals surface area contributed by atoms with E-state index in [1.165, 1.54) is 29.6 Å². The Bertz CT molecular complexity index is 1610. The van der Waals surface area contributed by atoms with Crippen molar-refractivity contribution in [2.45, 2.75) is 53.9 Å². The van der Waals surface area contributed by atoms with Gasteiger partial charge in [-0.1, -0.05) is 54.1 Å². The summed E-state index contributed by atoms with van der Waals surface area (Å²) in [7, 11) is 1.29. The molecule has 4 amide bonds. The van der Waals surface area contributed by atoms with Crippen LogP contribution in [0.15, 0.2) is 60.2 Å². The summed E-state index contributed by atoms with van der Waals surface area (Å²) in [4.78, 5) is 55.9. The summed E-state index contributed by atoms with van der Waals surface area (Å²) in [6, 6.07) is 13.8. The Hall–Kier alpha value is -3.27. The molecule has 0 spiro atoms. The van der Waals surface area contributed by atoms with Crippen LogP contribution in [-0.4, -0.2) is 79.4 Å². The van der Waals surface area contributed by atoms with Crippen molar-refractivity contribution in [2.24, 2.45) is 17.8 Å². The van der Waals surface area contributed by atoms with E-state index in [9.17, 15) is 28.7 Å². The number of alkyl halides is 2. The van der Waals surface area contributed by atoms with Gasteiger partial charge in [0.15, 0.2) is 21.3 Å². The fourth-order valence-corrected chi connectivity index (χ4v) is 9.43. The standard InChI is InChI=1S/C33H32Cl2FN3O5/c1-37-30(43)32(34)16-23-20(26(33(32,35)31(37)44)22-8-5-9-24(36)27(22)40)10-11-21-25(23)29(42)39(28(21)41)19-12-14-38(15-13-19)17-18-6-3-2-4-7-18/h2-10,19,21,23,25-26,40H,11-17H2,1H3/t21-,23+,25-,26+,32+,33-/m0/s1. The second kappa shape index (κ2) is 10.4. The number of phenols is 1. The predicted octanol–water partition coefficient (Wildman–Crippen LogP) is 4.18. The number of halogens is 3. The number of phenolic OH excluding ortho intramolecular Hbond substituents is 1. The number of benzene rings is 2. The molecule has 3 aliphatic heterocycles. The van der Waals surface area contributed by atoms with Gasteiger partial charge in [0.1, 0.15) is 0 Å². The van der Waals surface area contributed by atoms with Gasteiger partial charge in [-0.05, 0) is 43.2 Å². The number of amides is 4. The maximum Gasteiger partial charge on any atom is 0.253 e. The molecule has 230 valence electrons. The Kier molecular flexibility index (Phi) is 6.95. The molecule has 1 N–H and O–H groups in total. The van der Waals surface area contributed by atoms with Crippen LogP contribution >= 0.6 is 23.2 Å². The highest BCUT2D eigenvalue weighted by Gasteiger charge is 2.76. The molecular weight excluding hydrogens is 608 g/mol. The van der Waals surface area contributed by atoms with Gasteiger partial charge < -0.3 is 5.11 Å². The minimum atomic E-state index is -2.07.